The Bertz CT molecular complexity index is 764. The van der Waals surface area contributed by atoms with Gasteiger partial charge in [0, 0.05) is 24.1 Å². The van der Waals surface area contributed by atoms with Crippen molar-refractivity contribution in [3.05, 3.63) is 39.9 Å². The molecule has 10 heteroatoms. The first-order chi connectivity index (χ1) is 13.2. The SMILES string of the molecule is CC(C)COC(=O)N1CC(O)C[C@H]1C(=O)OCC(=O)c1cccc([N+](=O)[O-])c1. The van der Waals surface area contributed by atoms with Crippen LogP contribution in [0.1, 0.15) is 30.6 Å². The first-order valence-corrected chi connectivity index (χ1v) is 8.74. The molecule has 1 N–H and O–H groups in total. The van der Waals surface area contributed by atoms with Gasteiger partial charge in [-0.05, 0) is 5.92 Å². The molecule has 10 nitrogen and oxygen atoms in total. The number of carbonyl (C=O) groups is 3. The molecule has 0 bridgehead atoms. The summed E-state index contributed by atoms with van der Waals surface area (Å²) in [5, 5.41) is 20.6. The number of amides is 1. The van der Waals surface area contributed by atoms with Gasteiger partial charge in [-0.1, -0.05) is 26.0 Å². The lowest BCUT2D eigenvalue weighted by atomic mass is 10.1. The summed E-state index contributed by atoms with van der Waals surface area (Å²) >= 11 is 0. The molecule has 1 unspecified atom stereocenters. The molecule has 0 aliphatic carbocycles. The number of non-ortho nitro benzene ring substituents is 1. The summed E-state index contributed by atoms with van der Waals surface area (Å²) in [7, 11) is 0. The summed E-state index contributed by atoms with van der Waals surface area (Å²) < 4.78 is 10.1. The highest BCUT2D eigenvalue weighted by atomic mass is 16.6. The lowest BCUT2D eigenvalue weighted by Crippen LogP contribution is -2.42. The number of likely N-dealkylation sites (tertiary alicyclic amines) is 1. The number of carbonyl (C=O) groups excluding carboxylic acids is 3. The summed E-state index contributed by atoms with van der Waals surface area (Å²) in [6, 6.07) is 3.99. The standard InChI is InChI=1S/C18H22N2O8/c1-11(2)9-28-18(24)19-8-14(21)7-15(19)17(23)27-10-16(22)12-4-3-5-13(6-12)20(25)26/h3-6,11,14-15,21H,7-10H2,1-2H3/t14?,15-/m0/s1. The minimum absolute atomic E-state index is 0.0272. The van der Waals surface area contributed by atoms with Gasteiger partial charge in [-0.2, -0.15) is 0 Å². The number of ketones is 1. The monoisotopic (exact) mass is 394 g/mol. The molecule has 2 rings (SSSR count). The molecule has 1 amide bonds. The normalized spacial score (nSPS) is 18.8. The van der Waals surface area contributed by atoms with Crippen molar-refractivity contribution in [2.45, 2.75) is 32.4 Å². The molecule has 1 aliphatic heterocycles. The number of ether oxygens (including phenoxy) is 2. The fourth-order valence-corrected chi connectivity index (χ4v) is 2.67. The second-order valence-corrected chi connectivity index (χ2v) is 6.87. The fourth-order valence-electron chi connectivity index (χ4n) is 2.67. The Morgan fingerprint density at radius 2 is 2.04 bits per heavy atom. The maximum Gasteiger partial charge on any atom is 0.410 e. The van der Waals surface area contributed by atoms with Crippen molar-refractivity contribution >= 4 is 23.5 Å². The summed E-state index contributed by atoms with van der Waals surface area (Å²) in [5.74, 6) is -1.37. The van der Waals surface area contributed by atoms with Crippen LogP contribution in [-0.4, -0.2) is 64.7 Å². The van der Waals surface area contributed by atoms with Crippen LogP contribution in [0, 0.1) is 16.0 Å². The van der Waals surface area contributed by atoms with Crippen LogP contribution in [-0.2, 0) is 14.3 Å². The van der Waals surface area contributed by atoms with E-state index >= 15 is 0 Å². The van der Waals surface area contributed by atoms with E-state index in [-0.39, 0.29) is 36.7 Å². The molecule has 1 aliphatic rings. The average molecular weight is 394 g/mol. The number of nitro groups is 1. The van der Waals surface area contributed by atoms with Crippen LogP contribution in [0.15, 0.2) is 24.3 Å². The van der Waals surface area contributed by atoms with E-state index in [0.29, 0.717) is 0 Å². The van der Waals surface area contributed by atoms with Gasteiger partial charge in [0.2, 0.25) is 5.78 Å². The van der Waals surface area contributed by atoms with Gasteiger partial charge in [-0.25, -0.2) is 9.59 Å². The summed E-state index contributed by atoms with van der Waals surface area (Å²) in [6.45, 7) is 3.17. The Morgan fingerprint density at radius 3 is 2.68 bits per heavy atom. The summed E-state index contributed by atoms with van der Waals surface area (Å²) in [6.07, 6.45) is -1.67. The fraction of sp³-hybridized carbons (Fsp3) is 0.500. The zero-order valence-corrected chi connectivity index (χ0v) is 15.6. The third kappa shape index (κ3) is 5.49. The summed E-state index contributed by atoms with van der Waals surface area (Å²) in [4.78, 5) is 47.8. The number of rotatable bonds is 7. The maximum atomic E-state index is 12.3. The zero-order chi connectivity index (χ0) is 20.8. The van der Waals surface area contributed by atoms with Gasteiger partial charge in [0.05, 0.1) is 24.2 Å². The van der Waals surface area contributed by atoms with E-state index < -0.39 is 41.5 Å². The summed E-state index contributed by atoms with van der Waals surface area (Å²) in [5.41, 5.74) is -0.225. The molecule has 1 fully saturated rings. The number of β-amino-alcohol motifs (C(OH)–C–C–N with tert-alkyl or cyclic N) is 1. The number of nitrogens with zero attached hydrogens (tertiary/aromatic N) is 2. The topological polar surface area (TPSA) is 136 Å². The molecule has 28 heavy (non-hydrogen) atoms. The molecule has 1 heterocycles. The van der Waals surface area contributed by atoms with Crippen molar-refractivity contribution in [2.75, 3.05) is 19.8 Å². The minimum Gasteiger partial charge on any atom is -0.456 e. The number of benzene rings is 1. The average Bonchev–Trinajstić information content (AvgIpc) is 3.05. The number of hydrogen-bond donors (Lipinski definition) is 1. The molecule has 1 aromatic carbocycles. The second kappa shape index (κ2) is 9.27. The third-order valence-electron chi connectivity index (χ3n) is 4.05. The lowest BCUT2D eigenvalue weighted by Gasteiger charge is -2.22. The molecule has 1 saturated heterocycles. The molecule has 1 aromatic rings. The number of Topliss-reactive ketones (excluding diaryl/α,β-unsaturated/α-hetero) is 1. The lowest BCUT2D eigenvalue weighted by molar-refractivity contribution is -0.384. The molecular formula is C18H22N2O8. The number of nitro benzene ring substituents is 1. The highest BCUT2D eigenvalue weighted by Gasteiger charge is 2.41. The number of esters is 1. The van der Waals surface area contributed by atoms with Gasteiger partial charge in [0.1, 0.15) is 6.04 Å². The first kappa shape index (κ1) is 21.3. The molecule has 0 aromatic heterocycles. The van der Waals surface area contributed by atoms with Gasteiger partial charge < -0.3 is 14.6 Å². The van der Waals surface area contributed by atoms with E-state index in [2.05, 4.69) is 0 Å². The van der Waals surface area contributed by atoms with Gasteiger partial charge in [0.25, 0.3) is 5.69 Å². The number of aliphatic hydroxyl groups is 1. The van der Waals surface area contributed by atoms with Crippen LogP contribution in [0.5, 0.6) is 0 Å². The second-order valence-electron chi connectivity index (χ2n) is 6.87. The van der Waals surface area contributed by atoms with Crippen LogP contribution in [0.4, 0.5) is 10.5 Å². The van der Waals surface area contributed by atoms with E-state index in [9.17, 15) is 29.6 Å². The van der Waals surface area contributed by atoms with Crippen molar-refractivity contribution in [3.63, 3.8) is 0 Å². The molecule has 0 spiro atoms. The van der Waals surface area contributed by atoms with E-state index in [4.69, 9.17) is 9.47 Å². The smallest absolute Gasteiger partial charge is 0.410 e. The van der Waals surface area contributed by atoms with E-state index in [1.165, 1.54) is 18.2 Å². The van der Waals surface area contributed by atoms with Crippen LogP contribution in [0.2, 0.25) is 0 Å². The molecule has 0 saturated carbocycles. The van der Waals surface area contributed by atoms with Crippen molar-refractivity contribution in [1.29, 1.82) is 0 Å². The minimum atomic E-state index is -1.06. The van der Waals surface area contributed by atoms with Crippen molar-refractivity contribution in [3.8, 4) is 0 Å². The molecule has 2 atom stereocenters. The van der Waals surface area contributed by atoms with E-state index in [0.717, 1.165) is 11.0 Å². The van der Waals surface area contributed by atoms with Gasteiger partial charge in [0.15, 0.2) is 6.61 Å². The van der Waals surface area contributed by atoms with Crippen LogP contribution in [0.25, 0.3) is 0 Å². The number of hydrogen-bond acceptors (Lipinski definition) is 8. The van der Waals surface area contributed by atoms with Crippen molar-refractivity contribution in [1.82, 2.24) is 4.90 Å². The zero-order valence-electron chi connectivity index (χ0n) is 15.6. The highest BCUT2D eigenvalue weighted by molar-refractivity contribution is 5.98. The van der Waals surface area contributed by atoms with Crippen LogP contribution in [0.3, 0.4) is 0 Å². The molecule has 0 radical (unpaired) electrons. The predicted octanol–water partition coefficient (Wildman–Crippen LogP) is 1.55. The molecular weight excluding hydrogens is 372 g/mol. The Hall–Kier alpha value is -3.01. The Kier molecular flexibility index (Phi) is 7.05. The highest BCUT2D eigenvalue weighted by Crippen LogP contribution is 2.21. The van der Waals surface area contributed by atoms with E-state index in [1.807, 2.05) is 13.8 Å². The molecule has 152 valence electrons. The maximum absolute atomic E-state index is 12.3. The Balaban J connectivity index is 1.97. The Labute approximate surface area is 161 Å². The van der Waals surface area contributed by atoms with Crippen LogP contribution < -0.4 is 0 Å². The Morgan fingerprint density at radius 1 is 1.32 bits per heavy atom. The predicted molar refractivity (Wildman–Crippen MR) is 95.7 cm³/mol. The van der Waals surface area contributed by atoms with E-state index in [1.54, 1.807) is 0 Å². The first-order valence-electron chi connectivity index (χ1n) is 8.74. The van der Waals surface area contributed by atoms with Gasteiger partial charge >= 0.3 is 12.1 Å². The van der Waals surface area contributed by atoms with Gasteiger partial charge in [-0.15, -0.1) is 0 Å². The van der Waals surface area contributed by atoms with Gasteiger partial charge in [-0.3, -0.25) is 19.8 Å². The third-order valence-corrected chi connectivity index (χ3v) is 4.05. The largest absolute Gasteiger partial charge is 0.456 e. The number of aliphatic hydroxyl groups excluding tert-OH is 1. The van der Waals surface area contributed by atoms with Crippen molar-refractivity contribution < 1.29 is 33.9 Å². The van der Waals surface area contributed by atoms with Crippen LogP contribution >= 0.6 is 0 Å². The quantitative estimate of drug-likeness (QED) is 0.318. The van der Waals surface area contributed by atoms with Crippen molar-refractivity contribution in [2.24, 2.45) is 5.92 Å².